The molecule has 1 aliphatic rings. The van der Waals surface area contributed by atoms with Gasteiger partial charge in [-0.15, -0.1) is 0 Å². The zero-order valence-electron chi connectivity index (χ0n) is 9.57. The van der Waals surface area contributed by atoms with Gasteiger partial charge < -0.3 is 10.2 Å². The third-order valence-corrected chi connectivity index (χ3v) is 3.35. The smallest absolute Gasteiger partial charge is 0.211 e. The molecule has 84 valence electrons. The highest BCUT2D eigenvalue weighted by Crippen LogP contribution is 2.35. The molecule has 1 aliphatic carbocycles. The second kappa shape index (κ2) is 4.35. The van der Waals surface area contributed by atoms with Crippen LogP contribution >= 0.6 is 0 Å². The van der Waals surface area contributed by atoms with Gasteiger partial charge in [0, 0.05) is 5.92 Å². The van der Waals surface area contributed by atoms with E-state index in [9.17, 15) is 0 Å². The molecule has 1 atom stereocenters. The number of hydrogen-bond donors (Lipinski definition) is 1. The first kappa shape index (κ1) is 10.7. The van der Waals surface area contributed by atoms with E-state index in [1.807, 2.05) is 13.1 Å². The minimum absolute atomic E-state index is 0.0961. The van der Waals surface area contributed by atoms with E-state index in [1.165, 1.54) is 25.7 Å². The molecule has 0 amide bonds. The summed E-state index contributed by atoms with van der Waals surface area (Å²) in [5.41, 5.74) is 5.72. The van der Waals surface area contributed by atoms with Crippen LogP contribution in [0.3, 0.4) is 0 Å². The average Bonchev–Trinajstić information content (AvgIpc) is 2.68. The second-order valence-electron chi connectivity index (χ2n) is 4.85. The Kier molecular flexibility index (Phi) is 3.10. The minimum atomic E-state index is -0.0961. The lowest BCUT2D eigenvalue weighted by Crippen LogP contribution is -2.10. The van der Waals surface area contributed by atoms with Crippen molar-refractivity contribution in [3.63, 3.8) is 0 Å². The molecule has 1 aromatic rings. The number of nitrogens with two attached hydrogens (primary N) is 1. The summed E-state index contributed by atoms with van der Waals surface area (Å²) in [7, 11) is 0. The Morgan fingerprint density at radius 2 is 2.07 bits per heavy atom. The Hall–Kier alpha value is -0.830. The van der Waals surface area contributed by atoms with Crippen molar-refractivity contribution in [2.24, 2.45) is 11.7 Å². The van der Waals surface area contributed by atoms with E-state index in [4.69, 9.17) is 10.2 Å². The lowest BCUT2D eigenvalue weighted by Gasteiger charge is -2.24. The molecule has 1 aromatic heterocycles. The molecule has 0 spiro atoms. The molecule has 2 N–H and O–H groups in total. The molecule has 1 heterocycles. The van der Waals surface area contributed by atoms with Crippen molar-refractivity contribution in [1.82, 2.24) is 4.98 Å². The van der Waals surface area contributed by atoms with E-state index in [-0.39, 0.29) is 6.04 Å². The summed E-state index contributed by atoms with van der Waals surface area (Å²) in [4.78, 5) is 4.22. The van der Waals surface area contributed by atoms with E-state index in [0.717, 1.165) is 11.7 Å². The van der Waals surface area contributed by atoms with Crippen LogP contribution in [0.4, 0.5) is 0 Å². The number of rotatable bonds is 2. The largest absolute Gasteiger partial charge is 0.444 e. The van der Waals surface area contributed by atoms with Crippen LogP contribution in [0.15, 0.2) is 10.6 Å². The first-order chi connectivity index (χ1) is 7.16. The molecule has 3 heteroatoms. The fourth-order valence-corrected chi connectivity index (χ4v) is 2.24. The quantitative estimate of drug-likeness (QED) is 0.812. The van der Waals surface area contributed by atoms with Gasteiger partial charge in [-0.1, -0.05) is 19.8 Å². The maximum atomic E-state index is 5.72. The Morgan fingerprint density at radius 3 is 2.60 bits per heavy atom. The summed E-state index contributed by atoms with van der Waals surface area (Å²) >= 11 is 0. The van der Waals surface area contributed by atoms with E-state index >= 15 is 0 Å². The van der Waals surface area contributed by atoms with Crippen molar-refractivity contribution in [3.05, 3.63) is 17.8 Å². The van der Waals surface area contributed by atoms with Gasteiger partial charge in [0.2, 0.25) is 5.89 Å². The maximum Gasteiger partial charge on any atom is 0.211 e. The fraction of sp³-hybridized carbons (Fsp3) is 0.750. The van der Waals surface area contributed by atoms with Crippen LogP contribution in [0.2, 0.25) is 0 Å². The van der Waals surface area contributed by atoms with Gasteiger partial charge in [0.1, 0.15) is 5.76 Å². The molecule has 15 heavy (non-hydrogen) atoms. The summed E-state index contributed by atoms with van der Waals surface area (Å²) < 4.78 is 5.68. The van der Waals surface area contributed by atoms with Crippen LogP contribution in [0.5, 0.6) is 0 Å². The minimum Gasteiger partial charge on any atom is -0.444 e. The van der Waals surface area contributed by atoms with Gasteiger partial charge in [-0.25, -0.2) is 4.98 Å². The zero-order valence-corrected chi connectivity index (χ0v) is 9.57. The topological polar surface area (TPSA) is 52.0 Å². The standard InChI is InChI=1S/C12H20N2O/c1-8-3-5-10(6-4-8)11-7-14-12(15-11)9(2)13/h7-10H,3-6,13H2,1-2H3. The molecule has 1 unspecified atom stereocenters. The lowest BCUT2D eigenvalue weighted by atomic mass is 9.82. The van der Waals surface area contributed by atoms with Crippen molar-refractivity contribution >= 4 is 0 Å². The van der Waals surface area contributed by atoms with Gasteiger partial charge in [0.05, 0.1) is 12.2 Å². The highest BCUT2D eigenvalue weighted by molar-refractivity contribution is 5.04. The van der Waals surface area contributed by atoms with Gasteiger partial charge in [-0.2, -0.15) is 0 Å². The second-order valence-corrected chi connectivity index (χ2v) is 4.85. The molecular weight excluding hydrogens is 188 g/mol. The summed E-state index contributed by atoms with van der Waals surface area (Å²) in [6.45, 7) is 4.22. The normalized spacial score (nSPS) is 29.0. The first-order valence-corrected chi connectivity index (χ1v) is 5.88. The van der Waals surface area contributed by atoms with Crippen molar-refractivity contribution < 1.29 is 4.42 Å². The Morgan fingerprint density at radius 1 is 1.40 bits per heavy atom. The average molecular weight is 208 g/mol. The predicted octanol–water partition coefficient (Wildman–Crippen LogP) is 2.99. The van der Waals surface area contributed by atoms with Crippen molar-refractivity contribution in [2.75, 3.05) is 0 Å². The van der Waals surface area contributed by atoms with Gasteiger partial charge in [0.15, 0.2) is 0 Å². The van der Waals surface area contributed by atoms with Gasteiger partial charge >= 0.3 is 0 Å². The van der Waals surface area contributed by atoms with Gasteiger partial charge in [0.25, 0.3) is 0 Å². The van der Waals surface area contributed by atoms with Crippen molar-refractivity contribution in [3.8, 4) is 0 Å². The monoisotopic (exact) mass is 208 g/mol. The third kappa shape index (κ3) is 2.40. The predicted molar refractivity (Wildman–Crippen MR) is 59.5 cm³/mol. The number of oxazole rings is 1. The van der Waals surface area contributed by atoms with E-state index in [2.05, 4.69) is 11.9 Å². The molecule has 0 aromatic carbocycles. The Labute approximate surface area is 91.1 Å². The Bertz CT molecular complexity index is 311. The molecule has 0 aliphatic heterocycles. The molecular formula is C12H20N2O. The summed E-state index contributed by atoms with van der Waals surface area (Å²) in [6, 6.07) is -0.0961. The molecule has 3 nitrogen and oxygen atoms in total. The Balaban J connectivity index is 2.03. The fourth-order valence-electron chi connectivity index (χ4n) is 2.24. The van der Waals surface area contributed by atoms with Gasteiger partial charge in [-0.3, -0.25) is 0 Å². The highest BCUT2D eigenvalue weighted by Gasteiger charge is 2.23. The highest BCUT2D eigenvalue weighted by atomic mass is 16.4. The van der Waals surface area contributed by atoms with Crippen LogP contribution in [0, 0.1) is 5.92 Å². The molecule has 2 rings (SSSR count). The van der Waals surface area contributed by atoms with Crippen LogP contribution in [0.25, 0.3) is 0 Å². The zero-order chi connectivity index (χ0) is 10.8. The van der Waals surface area contributed by atoms with E-state index in [1.54, 1.807) is 0 Å². The molecule has 0 saturated heterocycles. The van der Waals surface area contributed by atoms with Crippen LogP contribution in [-0.4, -0.2) is 4.98 Å². The van der Waals surface area contributed by atoms with E-state index < -0.39 is 0 Å². The van der Waals surface area contributed by atoms with Crippen LogP contribution < -0.4 is 5.73 Å². The molecule has 0 radical (unpaired) electrons. The molecule has 0 bridgehead atoms. The summed E-state index contributed by atoms with van der Waals surface area (Å²) in [6.07, 6.45) is 6.93. The van der Waals surface area contributed by atoms with Crippen molar-refractivity contribution in [1.29, 1.82) is 0 Å². The van der Waals surface area contributed by atoms with E-state index in [0.29, 0.717) is 11.8 Å². The SMILES string of the molecule is CC1CCC(c2cnc(C(C)N)o2)CC1. The van der Waals surface area contributed by atoms with Crippen LogP contribution in [0.1, 0.15) is 63.1 Å². The van der Waals surface area contributed by atoms with Crippen LogP contribution in [-0.2, 0) is 0 Å². The van der Waals surface area contributed by atoms with Gasteiger partial charge in [-0.05, 0) is 25.7 Å². The van der Waals surface area contributed by atoms with Crippen molar-refractivity contribution in [2.45, 2.75) is 51.5 Å². The molecule has 1 saturated carbocycles. The maximum absolute atomic E-state index is 5.72. The number of aromatic nitrogens is 1. The first-order valence-electron chi connectivity index (χ1n) is 5.88. The number of nitrogens with zero attached hydrogens (tertiary/aromatic N) is 1. The number of hydrogen-bond acceptors (Lipinski definition) is 3. The summed E-state index contributed by atoms with van der Waals surface area (Å²) in [5.74, 6) is 3.15. The third-order valence-electron chi connectivity index (χ3n) is 3.35. The molecule has 1 fully saturated rings. The lowest BCUT2D eigenvalue weighted by molar-refractivity contribution is 0.305. The summed E-state index contributed by atoms with van der Waals surface area (Å²) in [5, 5.41) is 0.